The summed E-state index contributed by atoms with van der Waals surface area (Å²) in [6, 6.07) is 13.5. The summed E-state index contributed by atoms with van der Waals surface area (Å²) in [6.45, 7) is 2.35. The molecule has 2 amide bonds. The number of carbonyl (C=O) groups excluding carboxylic acids is 3. The number of nitrogens with one attached hydrogen (secondary N) is 2. The smallest absolute Gasteiger partial charge is 0.338 e. The van der Waals surface area contributed by atoms with Crippen molar-refractivity contribution in [3.63, 3.8) is 0 Å². The molecule has 0 bridgehead atoms. The van der Waals surface area contributed by atoms with Gasteiger partial charge in [-0.1, -0.05) is 13.0 Å². The third-order valence-corrected chi connectivity index (χ3v) is 3.81. The number of carbonyl (C=O) groups is 3. The number of esters is 1. The minimum absolute atomic E-state index is 0.0416. The van der Waals surface area contributed by atoms with Gasteiger partial charge in [-0.15, -0.1) is 0 Å². The molecule has 0 heterocycles. The predicted molar refractivity (Wildman–Crippen MR) is 109 cm³/mol. The van der Waals surface area contributed by atoms with Crippen molar-refractivity contribution in [3.8, 4) is 0 Å². The van der Waals surface area contributed by atoms with Gasteiger partial charge in [0.15, 0.2) is 0 Å². The van der Waals surface area contributed by atoms with Gasteiger partial charge in [0.05, 0.1) is 18.7 Å². The Labute approximate surface area is 164 Å². The van der Waals surface area contributed by atoms with Crippen molar-refractivity contribution in [1.29, 1.82) is 0 Å². The molecule has 0 aromatic heterocycles. The molecule has 148 valence electrons. The van der Waals surface area contributed by atoms with Crippen LogP contribution < -0.4 is 10.6 Å². The zero-order chi connectivity index (χ0) is 20.5. The Bertz CT molecular complexity index is 832. The normalized spacial score (nSPS) is 10.1. The Morgan fingerprint density at radius 1 is 0.964 bits per heavy atom. The van der Waals surface area contributed by atoms with Crippen molar-refractivity contribution in [2.75, 3.05) is 37.9 Å². The van der Waals surface area contributed by atoms with Gasteiger partial charge in [0.1, 0.15) is 0 Å². The molecule has 2 aromatic carbocycles. The molecule has 28 heavy (non-hydrogen) atoms. The molecule has 0 unspecified atom stereocenters. The number of hydrogen-bond donors (Lipinski definition) is 2. The van der Waals surface area contributed by atoms with E-state index >= 15 is 0 Å². The summed E-state index contributed by atoms with van der Waals surface area (Å²) in [6.07, 6.45) is 0.763. The molecule has 2 aromatic rings. The quantitative estimate of drug-likeness (QED) is 0.684. The van der Waals surface area contributed by atoms with Crippen molar-refractivity contribution in [2.45, 2.75) is 13.3 Å². The number of amides is 2. The number of anilines is 2. The monoisotopic (exact) mass is 383 g/mol. The molecule has 0 aliphatic heterocycles. The van der Waals surface area contributed by atoms with Crippen molar-refractivity contribution in [2.24, 2.45) is 0 Å². The van der Waals surface area contributed by atoms with Crippen LogP contribution in [-0.2, 0) is 9.53 Å². The molecule has 0 saturated heterocycles. The summed E-state index contributed by atoms with van der Waals surface area (Å²) in [7, 11) is 3.37. The van der Waals surface area contributed by atoms with Gasteiger partial charge in [-0.05, 0) is 48.9 Å². The van der Waals surface area contributed by atoms with E-state index in [4.69, 9.17) is 4.74 Å². The van der Waals surface area contributed by atoms with Gasteiger partial charge in [0.2, 0.25) is 5.91 Å². The lowest BCUT2D eigenvalue weighted by atomic mass is 10.2. The van der Waals surface area contributed by atoms with Gasteiger partial charge >= 0.3 is 5.97 Å². The van der Waals surface area contributed by atoms with E-state index in [1.54, 1.807) is 62.6 Å². The fraction of sp³-hybridized carbons (Fsp3) is 0.286. The second-order valence-corrected chi connectivity index (χ2v) is 6.40. The lowest BCUT2D eigenvalue weighted by molar-refractivity contribution is -0.114. The van der Waals surface area contributed by atoms with E-state index in [0.717, 1.165) is 6.42 Å². The lowest BCUT2D eigenvalue weighted by Gasteiger charge is -2.12. The van der Waals surface area contributed by atoms with E-state index < -0.39 is 0 Å². The van der Waals surface area contributed by atoms with Crippen LogP contribution in [0.25, 0.3) is 0 Å². The van der Waals surface area contributed by atoms with Crippen LogP contribution in [0.3, 0.4) is 0 Å². The van der Waals surface area contributed by atoms with Crippen LogP contribution in [0, 0.1) is 0 Å². The summed E-state index contributed by atoms with van der Waals surface area (Å²) < 4.78 is 5.06. The first-order valence-electron chi connectivity index (χ1n) is 9.03. The first-order valence-corrected chi connectivity index (χ1v) is 9.03. The first kappa shape index (κ1) is 21.0. The highest BCUT2D eigenvalue weighted by atomic mass is 16.5. The number of benzene rings is 2. The second kappa shape index (κ2) is 10.1. The van der Waals surface area contributed by atoms with Gasteiger partial charge in [-0.3, -0.25) is 9.59 Å². The van der Waals surface area contributed by atoms with Crippen LogP contribution >= 0.6 is 0 Å². The fourth-order valence-electron chi connectivity index (χ4n) is 2.38. The average molecular weight is 383 g/mol. The Morgan fingerprint density at radius 3 is 2.32 bits per heavy atom. The molecule has 0 saturated carbocycles. The highest BCUT2D eigenvalue weighted by Crippen LogP contribution is 2.13. The van der Waals surface area contributed by atoms with Gasteiger partial charge < -0.3 is 20.3 Å². The second-order valence-electron chi connectivity index (χ2n) is 6.40. The van der Waals surface area contributed by atoms with Crippen LogP contribution in [0.1, 0.15) is 34.1 Å². The van der Waals surface area contributed by atoms with Crippen LogP contribution in [0.2, 0.25) is 0 Å². The zero-order valence-corrected chi connectivity index (χ0v) is 16.3. The summed E-state index contributed by atoms with van der Waals surface area (Å²) in [4.78, 5) is 37.4. The van der Waals surface area contributed by atoms with Gasteiger partial charge in [0, 0.05) is 31.0 Å². The van der Waals surface area contributed by atoms with E-state index in [-0.39, 0.29) is 24.3 Å². The molecule has 7 heteroatoms. The summed E-state index contributed by atoms with van der Waals surface area (Å²) in [5.74, 6) is -0.732. The maximum atomic E-state index is 12.1. The predicted octanol–water partition coefficient (Wildman–Crippen LogP) is 3.01. The maximum Gasteiger partial charge on any atom is 0.338 e. The molecule has 0 aliphatic rings. The number of ether oxygens (including phenoxy) is 1. The van der Waals surface area contributed by atoms with Gasteiger partial charge in [-0.2, -0.15) is 0 Å². The van der Waals surface area contributed by atoms with E-state index in [9.17, 15) is 14.4 Å². The summed E-state index contributed by atoms with van der Waals surface area (Å²) in [5, 5.41) is 5.74. The SMILES string of the molecule is CCCOC(=O)c1ccc(NC(=O)CNc2cccc(C(=O)N(C)C)c2)cc1. The number of rotatable bonds is 8. The van der Waals surface area contributed by atoms with Crippen LogP contribution in [0.15, 0.2) is 48.5 Å². The minimum atomic E-state index is -0.381. The van der Waals surface area contributed by atoms with Crippen molar-refractivity contribution in [3.05, 3.63) is 59.7 Å². The Kier molecular flexibility index (Phi) is 7.56. The fourth-order valence-corrected chi connectivity index (χ4v) is 2.38. The lowest BCUT2D eigenvalue weighted by Crippen LogP contribution is -2.23. The first-order chi connectivity index (χ1) is 13.4. The Hall–Kier alpha value is -3.35. The van der Waals surface area contributed by atoms with E-state index in [2.05, 4.69) is 10.6 Å². The largest absolute Gasteiger partial charge is 0.462 e. The van der Waals surface area contributed by atoms with E-state index in [0.29, 0.717) is 29.1 Å². The standard InChI is InChI=1S/C21H25N3O4/c1-4-12-28-21(27)15-8-10-17(11-9-15)23-19(25)14-22-18-7-5-6-16(13-18)20(26)24(2)3/h5-11,13,22H,4,12,14H2,1-3H3,(H,23,25). The van der Waals surface area contributed by atoms with Gasteiger partial charge in [0.25, 0.3) is 5.91 Å². The molecule has 0 radical (unpaired) electrons. The van der Waals surface area contributed by atoms with Gasteiger partial charge in [-0.25, -0.2) is 4.79 Å². The van der Waals surface area contributed by atoms with Crippen LogP contribution in [0.5, 0.6) is 0 Å². The molecule has 0 aliphatic carbocycles. The Balaban J connectivity index is 1.88. The Morgan fingerprint density at radius 2 is 1.68 bits per heavy atom. The van der Waals surface area contributed by atoms with Crippen LogP contribution in [-0.4, -0.2) is 49.9 Å². The van der Waals surface area contributed by atoms with E-state index in [1.165, 1.54) is 4.90 Å². The topological polar surface area (TPSA) is 87.7 Å². The highest BCUT2D eigenvalue weighted by molar-refractivity contribution is 5.96. The highest BCUT2D eigenvalue weighted by Gasteiger charge is 2.10. The van der Waals surface area contributed by atoms with Crippen molar-refractivity contribution >= 4 is 29.2 Å². The maximum absolute atomic E-state index is 12.1. The molecule has 2 rings (SSSR count). The number of nitrogens with zero attached hydrogens (tertiary/aromatic N) is 1. The minimum Gasteiger partial charge on any atom is -0.462 e. The average Bonchev–Trinajstić information content (AvgIpc) is 2.70. The van der Waals surface area contributed by atoms with Crippen LogP contribution in [0.4, 0.5) is 11.4 Å². The zero-order valence-electron chi connectivity index (χ0n) is 16.3. The molecule has 0 atom stereocenters. The molecular weight excluding hydrogens is 358 g/mol. The third-order valence-electron chi connectivity index (χ3n) is 3.81. The van der Waals surface area contributed by atoms with Crippen molar-refractivity contribution < 1.29 is 19.1 Å². The third kappa shape index (κ3) is 6.12. The molecule has 2 N–H and O–H groups in total. The molecular formula is C21H25N3O4. The van der Waals surface area contributed by atoms with Crippen molar-refractivity contribution in [1.82, 2.24) is 4.90 Å². The summed E-state index contributed by atoms with van der Waals surface area (Å²) >= 11 is 0. The molecule has 7 nitrogen and oxygen atoms in total. The number of hydrogen-bond acceptors (Lipinski definition) is 5. The molecule has 0 spiro atoms. The van der Waals surface area contributed by atoms with E-state index in [1.807, 2.05) is 6.92 Å². The molecule has 0 fully saturated rings. The summed E-state index contributed by atoms with van der Waals surface area (Å²) in [5.41, 5.74) is 2.24.